The van der Waals surface area contributed by atoms with Crippen LogP contribution in [0.1, 0.15) is 26.3 Å². The van der Waals surface area contributed by atoms with Gasteiger partial charge in [-0.25, -0.2) is 9.36 Å². The summed E-state index contributed by atoms with van der Waals surface area (Å²) in [5, 5.41) is 27.4. The molecule has 74 valence electrons. The smallest absolute Gasteiger partial charge is 0.335 e. The molecule has 3 N–H and O–H groups in total. The van der Waals surface area contributed by atoms with Crippen molar-refractivity contribution in [3.8, 4) is 5.88 Å². The van der Waals surface area contributed by atoms with E-state index in [0.717, 1.165) is 15.3 Å². The number of rotatable bonds is 2. The highest BCUT2D eigenvalue weighted by atomic mass is 16.3. The predicted octanol–water partition coefficient (Wildman–Crippen LogP) is -0.623. The van der Waals surface area contributed by atoms with Gasteiger partial charge in [0.2, 0.25) is 5.88 Å². The largest absolute Gasteiger partial charge is 0.493 e. The lowest BCUT2D eigenvalue weighted by Crippen LogP contribution is -2.27. The molecule has 1 rings (SSSR count). The van der Waals surface area contributed by atoms with Gasteiger partial charge in [0, 0.05) is 0 Å². The Morgan fingerprint density at radius 2 is 1.85 bits per heavy atom. The summed E-state index contributed by atoms with van der Waals surface area (Å²) in [7, 11) is 0. The number of nitrogens with zero attached hydrogens (tertiary/aromatic N) is 2. The Kier molecular flexibility index (Phi) is 2.44. The molecule has 1 heterocycles. The third kappa shape index (κ3) is 1.58. The average Bonchev–Trinajstić information content (AvgIpc) is 2.26. The van der Waals surface area contributed by atoms with E-state index in [2.05, 4.69) is 0 Å². The molecule has 0 aliphatic heterocycles. The fourth-order valence-electron chi connectivity index (χ4n) is 1.08. The molecule has 0 fully saturated rings. The van der Waals surface area contributed by atoms with Gasteiger partial charge in [0.15, 0.2) is 0 Å². The van der Waals surface area contributed by atoms with Crippen LogP contribution in [0.3, 0.4) is 0 Å². The molecule has 2 unspecified atom stereocenters. The molecular weight excluding hydrogens is 176 g/mol. The predicted molar refractivity (Wildman–Crippen MR) is 44.2 cm³/mol. The Bertz CT molecular complexity index is 350. The molecule has 0 radical (unpaired) electrons. The normalized spacial score (nSPS) is 15.7. The van der Waals surface area contributed by atoms with Gasteiger partial charge in [0.05, 0.1) is 6.20 Å². The minimum atomic E-state index is -1.12. The first-order valence-corrected chi connectivity index (χ1v) is 3.83. The highest BCUT2D eigenvalue weighted by Gasteiger charge is 2.15. The molecule has 1 aromatic rings. The molecule has 0 bridgehead atoms. The second-order valence-electron chi connectivity index (χ2n) is 2.81. The van der Waals surface area contributed by atoms with Gasteiger partial charge in [-0.05, 0) is 13.8 Å². The molecule has 0 aliphatic carbocycles. The van der Waals surface area contributed by atoms with Gasteiger partial charge >= 0.3 is 5.69 Å². The zero-order chi connectivity index (χ0) is 10.2. The highest BCUT2D eigenvalue weighted by Crippen LogP contribution is 2.12. The van der Waals surface area contributed by atoms with Crippen LogP contribution in [0.2, 0.25) is 0 Å². The van der Waals surface area contributed by atoms with E-state index in [1.807, 2.05) is 0 Å². The van der Waals surface area contributed by atoms with Crippen LogP contribution >= 0.6 is 0 Å². The number of imidazole rings is 1. The highest BCUT2D eigenvalue weighted by molar-refractivity contribution is 5.06. The second-order valence-corrected chi connectivity index (χ2v) is 2.81. The number of aliphatic hydroxyl groups is 2. The van der Waals surface area contributed by atoms with Gasteiger partial charge in [-0.3, -0.25) is 4.57 Å². The first-order valence-electron chi connectivity index (χ1n) is 3.83. The minimum Gasteiger partial charge on any atom is -0.493 e. The number of hydrogen-bond acceptors (Lipinski definition) is 4. The summed E-state index contributed by atoms with van der Waals surface area (Å²) in [5.41, 5.74) is -0.650. The van der Waals surface area contributed by atoms with Crippen molar-refractivity contribution >= 4 is 0 Å². The van der Waals surface area contributed by atoms with Crippen molar-refractivity contribution in [1.29, 1.82) is 0 Å². The van der Waals surface area contributed by atoms with Crippen molar-refractivity contribution in [1.82, 2.24) is 9.13 Å². The first kappa shape index (κ1) is 9.82. The lowest BCUT2D eigenvalue weighted by Gasteiger charge is -2.05. The van der Waals surface area contributed by atoms with Gasteiger partial charge in [0.25, 0.3) is 0 Å². The fourth-order valence-corrected chi connectivity index (χ4v) is 1.08. The molecule has 1 aromatic heterocycles. The fraction of sp³-hybridized carbons (Fsp3) is 0.571. The van der Waals surface area contributed by atoms with Crippen molar-refractivity contribution in [2.75, 3.05) is 0 Å². The molecule has 2 atom stereocenters. The van der Waals surface area contributed by atoms with Gasteiger partial charge in [-0.15, -0.1) is 0 Å². The first-order chi connectivity index (χ1) is 5.95. The molecule has 0 aliphatic rings. The van der Waals surface area contributed by atoms with Crippen LogP contribution in [0.4, 0.5) is 0 Å². The van der Waals surface area contributed by atoms with Crippen molar-refractivity contribution < 1.29 is 15.3 Å². The van der Waals surface area contributed by atoms with Gasteiger partial charge in [-0.1, -0.05) is 0 Å². The van der Waals surface area contributed by atoms with Crippen LogP contribution in [0.5, 0.6) is 5.88 Å². The Morgan fingerprint density at radius 1 is 1.31 bits per heavy atom. The summed E-state index contributed by atoms with van der Waals surface area (Å²) in [5.74, 6) is -0.374. The summed E-state index contributed by atoms with van der Waals surface area (Å²) in [6.07, 6.45) is -1.08. The number of aliphatic hydroxyl groups excluding tert-OH is 2. The number of aromatic hydroxyl groups is 1. The maximum absolute atomic E-state index is 11.3. The number of hydrogen-bond donors (Lipinski definition) is 3. The Morgan fingerprint density at radius 3 is 2.08 bits per heavy atom. The van der Waals surface area contributed by atoms with E-state index >= 15 is 0 Å². The summed E-state index contributed by atoms with van der Waals surface area (Å²) < 4.78 is 1.69. The van der Waals surface area contributed by atoms with Gasteiger partial charge in [0.1, 0.15) is 12.5 Å². The standard InChI is InChI=1S/C7H12N2O4/c1-4(10)8-3-6(12)9(5(2)11)7(8)13/h3-5,10-12H,1-2H3. The van der Waals surface area contributed by atoms with Crippen LogP contribution < -0.4 is 5.69 Å². The molecule has 0 saturated heterocycles. The molecule has 0 aromatic carbocycles. The topological polar surface area (TPSA) is 87.6 Å². The third-order valence-electron chi connectivity index (χ3n) is 1.70. The second kappa shape index (κ2) is 3.23. The van der Waals surface area contributed by atoms with Crippen LogP contribution in [0, 0.1) is 0 Å². The van der Waals surface area contributed by atoms with E-state index in [4.69, 9.17) is 10.2 Å². The van der Waals surface area contributed by atoms with Crippen LogP contribution in [-0.2, 0) is 0 Å². The summed E-state index contributed by atoms with van der Waals surface area (Å²) >= 11 is 0. The van der Waals surface area contributed by atoms with Gasteiger partial charge < -0.3 is 15.3 Å². The van der Waals surface area contributed by atoms with Crippen molar-refractivity contribution in [2.24, 2.45) is 0 Å². The van der Waals surface area contributed by atoms with Crippen molar-refractivity contribution in [3.63, 3.8) is 0 Å². The lowest BCUT2D eigenvalue weighted by atomic mass is 10.6. The molecule has 0 saturated carbocycles. The third-order valence-corrected chi connectivity index (χ3v) is 1.70. The van der Waals surface area contributed by atoms with E-state index in [1.54, 1.807) is 0 Å². The molecule has 13 heavy (non-hydrogen) atoms. The Labute approximate surface area is 74.3 Å². The van der Waals surface area contributed by atoms with Crippen molar-refractivity contribution in [3.05, 3.63) is 16.7 Å². The van der Waals surface area contributed by atoms with Crippen molar-refractivity contribution in [2.45, 2.75) is 26.3 Å². The quantitative estimate of drug-likeness (QED) is 0.577. The molecular formula is C7H12N2O4. The molecule has 6 heteroatoms. The summed E-state index contributed by atoms with van der Waals surface area (Å²) in [6.45, 7) is 2.72. The van der Waals surface area contributed by atoms with E-state index in [9.17, 15) is 9.90 Å². The average molecular weight is 188 g/mol. The Hall–Kier alpha value is -1.27. The Balaban J connectivity index is 3.31. The maximum Gasteiger partial charge on any atom is 0.335 e. The summed E-state index contributed by atoms with van der Waals surface area (Å²) in [6, 6.07) is 0. The van der Waals surface area contributed by atoms with E-state index < -0.39 is 18.1 Å². The van der Waals surface area contributed by atoms with E-state index in [1.165, 1.54) is 13.8 Å². The maximum atomic E-state index is 11.3. The van der Waals surface area contributed by atoms with Gasteiger partial charge in [-0.2, -0.15) is 0 Å². The van der Waals surface area contributed by atoms with Crippen LogP contribution in [-0.4, -0.2) is 24.5 Å². The SMILES string of the molecule is CC(O)n1cc(O)n(C(C)O)c1=O. The zero-order valence-electron chi connectivity index (χ0n) is 7.38. The van der Waals surface area contributed by atoms with E-state index in [0.29, 0.717) is 0 Å². The molecule has 0 spiro atoms. The zero-order valence-corrected chi connectivity index (χ0v) is 7.38. The summed E-state index contributed by atoms with van der Waals surface area (Å²) in [4.78, 5) is 11.3. The lowest BCUT2D eigenvalue weighted by molar-refractivity contribution is 0.0992. The molecule has 6 nitrogen and oxygen atoms in total. The van der Waals surface area contributed by atoms with E-state index in [-0.39, 0.29) is 5.88 Å². The monoisotopic (exact) mass is 188 g/mol. The van der Waals surface area contributed by atoms with Crippen LogP contribution in [0.25, 0.3) is 0 Å². The number of aromatic nitrogens is 2. The minimum absolute atomic E-state index is 0.374. The van der Waals surface area contributed by atoms with Crippen LogP contribution in [0.15, 0.2) is 11.0 Å². The molecule has 0 amide bonds.